The second-order valence-electron chi connectivity index (χ2n) is 7.12. The number of amides is 1. The van der Waals surface area contributed by atoms with Crippen molar-refractivity contribution in [2.75, 3.05) is 13.1 Å². The molecule has 1 aliphatic rings. The summed E-state index contributed by atoms with van der Waals surface area (Å²) in [5, 5.41) is 1.64. The summed E-state index contributed by atoms with van der Waals surface area (Å²) in [5.74, 6) is -0.0471. The highest BCUT2D eigenvalue weighted by molar-refractivity contribution is 7.20. The van der Waals surface area contributed by atoms with Gasteiger partial charge in [0.15, 0.2) is 0 Å². The second-order valence-corrected chi connectivity index (χ2v) is 8.96. The number of thiazole rings is 1. The Labute approximate surface area is 178 Å². The first-order chi connectivity index (χ1) is 13.4. The average Bonchev–Trinajstić information content (AvgIpc) is 3.09. The number of ether oxygens (including phenoxy) is 1. The number of benzene rings is 2. The number of carbonyl (C=O) groups excluding carboxylic acids is 1. The van der Waals surface area contributed by atoms with E-state index in [1.165, 1.54) is 10.3 Å². The van der Waals surface area contributed by atoms with Gasteiger partial charge in [-0.1, -0.05) is 46.7 Å². The number of hydrogen-bond acceptors (Lipinski definition) is 4. The fourth-order valence-electron chi connectivity index (χ4n) is 3.47. The van der Waals surface area contributed by atoms with Gasteiger partial charge in [-0.25, -0.2) is 4.98 Å². The van der Waals surface area contributed by atoms with Crippen LogP contribution in [0.25, 0.3) is 10.2 Å². The lowest BCUT2D eigenvalue weighted by atomic mass is 10.1. The van der Waals surface area contributed by atoms with E-state index in [0.717, 1.165) is 23.9 Å². The maximum absolute atomic E-state index is 12.7. The number of aromatic nitrogens is 1. The van der Waals surface area contributed by atoms with E-state index in [2.05, 4.69) is 31.0 Å². The molecule has 1 saturated heterocycles. The maximum Gasteiger partial charge on any atom is 0.274 e. The zero-order chi connectivity index (χ0) is 19.8. The average molecular weight is 435 g/mol. The summed E-state index contributed by atoms with van der Waals surface area (Å²) in [6.45, 7) is 5.43. The first-order valence-electron chi connectivity index (χ1n) is 9.19. The zero-order valence-corrected chi connectivity index (χ0v) is 18.0. The minimum Gasteiger partial charge on any atom is -0.467 e. The van der Waals surface area contributed by atoms with Gasteiger partial charge in [0.1, 0.15) is 6.10 Å². The Bertz CT molecular complexity index is 983. The van der Waals surface area contributed by atoms with Gasteiger partial charge in [-0.05, 0) is 43.2 Å². The molecule has 2 heterocycles. The van der Waals surface area contributed by atoms with Crippen molar-refractivity contribution in [1.82, 2.24) is 9.88 Å². The second kappa shape index (κ2) is 7.90. The fraction of sp³-hybridized carbons (Fsp3) is 0.333. The van der Waals surface area contributed by atoms with Crippen LogP contribution in [-0.4, -0.2) is 35.0 Å². The first-order valence-corrected chi connectivity index (χ1v) is 10.8. The van der Waals surface area contributed by atoms with Gasteiger partial charge in [0.05, 0.1) is 10.2 Å². The molecule has 0 radical (unpaired) electrons. The Balaban J connectivity index is 1.41. The molecule has 2 aromatic carbocycles. The molecule has 4 rings (SSSR count). The van der Waals surface area contributed by atoms with Crippen molar-refractivity contribution in [3.63, 3.8) is 0 Å². The van der Waals surface area contributed by atoms with Gasteiger partial charge in [-0.3, -0.25) is 4.79 Å². The number of nitrogens with zero attached hydrogens (tertiary/aromatic N) is 2. The third-order valence-electron chi connectivity index (χ3n) is 5.03. The maximum atomic E-state index is 12.7. The molecule has 4 nitrogen and oxygen atoms in total. The predicted molar refractivity (Wildman–Crippen MR) is 115 cm³/mol. The normalized spacial score (nSPS) is 15.2. The molecule has 28 heavy (non-hydrogen) atoms. The Morgan fingerprint density at radius 3 is 2.39 bits per heavy atom. The summed E-state index contributed by atoms with van der Waals surface area (Å²) in [6.07, 6.45) is 1.61. The smallest absolute Gasteiger partial charge is 0.274 e. The van der Waals surface area contributed by atoms with Crippen LogP contribution < -0.4 is 4.74 Å². The molecule has 7 heteroatoms. The molecule has 1 fully saturated rings. The Hall–Kier alpha value is -1.82. The highest BCUT2D eigenvalue weighted by Crippen LogP contribution is 2.33. The van der Waals surface area contributed by atoms with Gasteiger partial charge in [0.25, 0.3) is 11.1 Å². The van der Waals surface area contributed by atoms with E-state index in [9.17, 15) is 4.79 Å². The molecule has 146 valence electrons. The minimum absolute atomic E-state index is 0.0471. The molecule has 0 N–H and O–H groups in total. The fourth-order valence-corrected chi connectivity index (χ4v) is 5.02. The lowest BCUT2D eigenvalue weighted by molar-refractivity contribution is 0.0595. The van der Waals surface area contributed by atoms with Crippen LogP contribution in [0.2, 0.25) is 10.0 Å². The molecule has 0 bridgehead atoms. The van der Waals surface area contributed by atoms with Crippen molar-refractivity contribution in [2.24, 2.45) is 0 Å². The number of fused-ring (bicyclic) bond motifs is 1. The Morgan fingerprint density at radius 1 is 1.11 bits per heavy atom. The van der Waals surface area contributed by atoms with Gasteiger partial charge in [-0.2, -0.15) is 0 Å². The molecule has 0 atom stereocenters. The minimum atomic E-state index is -0.0471. The van der Waals surface area contributed by atoms with Gasteiger partial charge in [0, 0.05) is 41.5 Å². The lowest BCUT2D eigenvalue weighted by Gasteiger charge is -2.31. The number of hydrogen-bond donors (Lipinski definition) is 0. The van der Waals surface area contributed by atoms with Gasteiger partial charge < -0.3 is 9.64 Å². The molecule has 0 spiro atoms. The van der Waals surface area contributed by atoms with E-state index in [-0.39, 0.29) is 12.0 Å². The number of rotatable bonds is 3. The molecule has 3 aromatic rings. The van der Waals surface area contributed by atoms with Gasteiger partial charge >= 0.3 is 0 Å². The molecule has 1 aromatic heterocycles. The number of carbonyl (C=O) groups is 1. The SMILES string of the molecule is Cc1ccc(C)c2sc(OC3CCN(C(=O)c4cc(Cl)cc(Cl)c4)CC3)nc12. The zero-order valence-electron chi connectivity index (χ0n) is 15.7. The highest BCUT2D eigenvalue weighted by Gasteiger charge is 2.26. The van der Waals surface area contributed by atoms with Crippen LogP contribution in [-0.2, 0) is 0 Å². The molecular weight excluding hydrogens is 415 g/mol. The molecule has 1 amide bonds. The van der Waals surface area contributed by atoms with Gasteiger partial charge in [-0.15, -0.1) is 0 Å². The van der Waals surface area contributed by atoms with Crippen LogP contribution in [0.3, 0.4) is 0 Å². The number of likely N-dealkylation sites (tertiary alicyclic amines) is 1. The van der Waals surface area contributed by atoms with E-state index >= 15 is 0 Å². The molecule has 0 saturated carbocycles. The van der Waals surface area contributed by atoms with Crippen molar-refractivity contribution < 1.29 is 9.53 Å². The summed E-state index contributed by atoms with van der Waals surface area (Å²) >= 11 is 13.6. The molecule has 0 aliphatic carbocycles. The molecular formula is C21H20Cl2N2O2S. The van der Waals surface area contributed by atoms with E-state index < -0.39 is 0 Å². The monoisotopic (exact) mass is 434 g/mol. The summed E-state index contributed by atoms with van der Waals surface area (Å²) in [7, 11) is 0. The van der Waals surface area contributed by atoms with Crippen LogP contribution in [0.4, 0.5) is 0 Å². The third-order valence-corrected chi connectivity index (χ3v) is 6.55. The quantitative estimate of drug-likeness (QED) is 0.514. The highest BCUT2D eigenvalue weighted by atomic mass is 35.5. The van der Waals surface area contributed by atoms with Gasteiger partial charge in [0.2, 0.25) is 0 Å². The van der Waals surface area contributed by atoms with E-state index in [1.54, 1.807) is 29.5 Å². The lowest BCUT2D eigenvalue weighted by Crippen LogP contribution is -2.41. The van der Waals surface area contributed by atoms with Crippen LogP contribution in [0.1, 0.15) is 34.3 Å². The van der Waals surface area contributed by atoms with Crippen LogP contribution in [0.5, 0.6) is 5.19 Å². The summed E-state index contributed by atoms with van der Waals surface area (Å²) in [5.41, 5.74) is 3.92. The van der Waals surface area contributed by atoms with Crippen molar-refractivity contribution in [3.05, 3.63) is 57.1 Å². The first kappa shape index (κ1) is 19.5. The topological polar surface area (TPSA) is 42.4 Å². The summed E-state index contributed by atoms with van der Waals surface area (Å²) in [6, 6.07) is 9.15. The van der Waals surface area contributed by atoms with Crippen molar-refractivity contribution in [1.29, 1.82) is 0 Å². The molecule has 0 unspecified atom stereocenters. The Morgan fingerprint density at radius 2 is 1.75 bits per heavy atom. The number of aryl methyl sites for hydroxylation is 2. The van der Waals surface area contributed by atoms with E-state index in [0.29, 0.717) is 33.9 Å². The van der Waals surface area contributed by atoms with Crippen LogP contribution >= 0.6 is 34.5 Å². The molecule has 1 aliphatic heterocycles. The van der Waals surface area contributed by atoms with Crippen molar-refractivity contribution in [2.45, 2.75) is 32.8 Å². The standard InChI is InChI=1S/C21H20Cl2N2O2S/c1-12-3-4-13(2)19-18(12)24-21(28-19)27-17-5-7-25(8-6-17)20(26)14-9-15(22)11-16(23)10-14/h3-4,9-11,17H,5-8H2,1-2H3. The van der Waals surface area contributed by atoms with E-state index in [1.807, 2.05) is 4.90 Å². The van der Waals surface area contributed by atoms with Crippen molar-refractivity contribution in [3.8, 4) is 5.19 Å². The Kier molecular flexibility index (Phi) is 5.50. The third kappa shape index (κ3) is 3.97. The predicted octanol–water partition coefficient (Wildman–Crippen LogP) is 5.90. The van der Waals surface area contributed by atoms with E-state index in [4.69, 9.17) is 27.9 Å². The van der Waals surface area contributed by atoms with Crippen molar-refractivity contribution >= 4 is 50.7 Å². The van der Waals surface area contributed by atoms with Crippen LogP contribution in [0, 0.1) is 13.8 Å². The summed E-state index contributed by atoms with van der Waals surface area (Å²) in [4.78, 5) is 19.2. The number of piperidine rings is 1. The number of halogens is 2. The van der Waals surface area contributed by atoms with Crippen LogP contribution in [0.15, 0.2) is 30.3 Å². The largest absolute Gasteiger partial charge is 0.467 e. The summed E-state index contributed by atoms with van der Waals surface area (Å²) < 4.78 is 7.33.